The van der Waals surface area contributed by atoms with E-state index in [1.807, 2.05) is 44.2 Å². The molecule has 0 aliphatic carbocycles. The van der Waals surface area contributed by atoms with Crippen LogP contribution in [0.4, 0.5) is 10.5 Å². The third-order valence-electron chi connectivity index (χ3n) is 16.9. The van der Waals surface area contributed by atoms with Crippen molar-refractivity contribution in [2.24, 2.45) is 35.5 Å². The Bertz CT molecular complexity index is 2930. The summed E-state index contributed by atoms with van der Waals surface area (Å²) >= 11 is 0. The Hall–Kier alpha value is -7.69. The van der Waals surface area contributed by atoms with E-state index >= 15 is 0 Å². The largest absolute Gasteiger partial charge is 0.467 e. The molecule has 0 saturated carbocycles. The zero-order chi connectivity index (χ0) is 69.2. The van der Waals surface area contributed by atoms with E-state index in [1.165, 1.54) is 39.2 Å². The first kappa shape index (κ1) is 76.8. The van der Waals surface area contributed by atoms with Crippen molar-refractivity contribution in [2.75, 3.05) is 42.0 Å². The zero-order valence-corrected chi connectivity index (χ0v) is 56.6. The molecule has 2 aromatic rings. The normalized spacial score (nSPS) is 21.1. The molecule has 2 aromatic carbocycles. The molecule has 0 radical (unpaired) electrons. The number of Topliss-reactive ketones (excluding diaryl/α,β-unsaturated/α-hetero) is 1. The molecule has 4 rings (SSSR count). The van der Waals surface area contributed by atoms with Gasteiger partial charge in [0, 0.05) is 78.6 Å². The Morgan fingerprint density at radius 1 is 0.870 bits per heavy atom. The van der Waals surface area contributed by atoms with E-state index < -0.39 is 160 Å². The van der Waals surface area contributed by atoms with E-state index in [0.29, 0.717) is 32.2 Å². The predicted molar refractivity (Wildman–Crippen MR) is 336 cm³/mol. The lowest BCUT2D eigenvalue weighted by Gasteiger charge is -2.42. The Labute approximate surface area is 541 Å². The van der Waals surface area contributed by atoms with Crippen LogP contribution in [0.1, 0.15) is 146 Å². The molecule has 0 aromatic heterocycles. The number of methoxy groups -OCH3 is 3. The maximum atomic E-state index is 15.0. The number of rotatable bonds is 31. The lowest BCUT2D eigenvalue weighted by molar-refractivity contribution is -0.387. The van der Waals surface area contributed by atoms with Crippen LogP contribution >= 0.6 is 0 Å². The molecule has 25 heteroatoms. The van der Waals surface area contributed by atoms with Gasteiger partial charge in [-0.15, -0.1) is 12.3 Å². The van der Waals surface area contributed by atoms with Crippen LogP contribution in [0.25, 0.3) is 0 Å². The Morgan fingerprint density at radius 2 is 1.50 bits per heavy atom. The molecule has 15 atom stereocenters. The Balaban J connectivity index is 1.55. The smallest absolute Gasteiger partial charge is 0.410 e. The summed E-state index contributed by atoms with van der Waals surface area (Å²) < 4.78 is 51.4. The number of ether oxygens (including phenoxy) is 9. The molecule has 0 unspecified atom stereocenters. The molecule has 4 amide bonds. The molecule has 1 N–H and O–H groups in total. The minimum atomic E-state index is -1.77. The van der Waals surface area contributed by atoms with Gasteiger partial charge in [-0.25, -0.2) is 9.59 Å². The van der Waals surface area contributed by atoms with E-state index in [0.717, 1.165) is 43.6 Å². The summed E-state index contributed by atoms with van der Waals surface area (Å²) in [6.07, 6.45) is -2.77. The first-order chi connectivity index (χ1) is 43.2. The summed E-state index contributed by atoms with van der Waals surface area (Å²) in [5, 5.41) is 15.6. The van der Waals surface area contributed by atoms with Crippen molar-refractivity contribution in [1.29, 1.82) is 0 Å². The van der Waals surface area contributed by atoms with Gasteiger partial charge >= 0.3 is 35.7 Å². The predicted octanol–water partition coefficient (Wildman–Crippen LogP) is 7.75. The highest BCUT2D eigenvalue weighted by Gasteiger charge is 2.53. The van der Waals surface area contributed by atoms with Gasteiger partial charge in [-0.2, -0.15) is 0 Å². The van der Waals surface area contributed by atoms with Crippen molar-refractivity contribution in [2.45, 2.75) is 208 Å². The number of nitro groups is 1. The second kappa shape index (κ2) is 34.8. The fraction of sp³-hybridized carbons (Fsp3) is 0.657. The number of benzene rings is 2. The van der Waals surface area contributed by atoms with Gasteiger partial charge in [0.05, 0.1) is 55.1 Å². The quantitative estimate of drug-likeness (QED) is 0.0248. The van der Waals surface area contributed by atoms with Gasteiger partial charge in [-0.3, -0.25) is 48.6 Å². The van der Waals surface area contributed by atoms with E-state index in [1.54, 1.807) is 67.3 Å². The molecular weight excluding hydrogens is 1190 g/mol. The second-order valence-corrected chi connectivity index (χ2v) is 25.5. The van der Waals surface area contributed by atoms with Crippen molar-refractivity contribution in [3.05, 3.63) is 69.8 Å². The second-order valence-electron chi connectivity index (χ2n) is 25.5. The highest BCUT2D eigenvalue weighted by atomic mass is 16.7. The summed E-state index contributed by atoms with van der Waals surface area (Å²) in [6, 6.07) is 9.29. The van der Waals surface area contributed by atoms with Crippen molar-refractivity contribution in [1.82, 2.24) is 20.0 Å². The molecular formula is C67H97N5O20. The molecule has 92 heavy (non-hydrogen) atoms. The summed E-state index contributed by atoms with van der Waals surface area (Å²) in [5.41, 5.74) is -0.572. The average molecular weight is 1290 g/mol. The van der Waals surface area contributed by atoms with Crippen molar-refractivity contribution in [3.63, 3.8) is 0 Å². The lowest BCUT2D eigenvalue weighted by atomic mass is 9.85. The number of esters is 4. The van der Waals surface area contributed by atoms with Gasteiger partial charge in [0.2, 0.25) is 30.1 Å². The van der Waals surface area contributed by atoms with Gasteiger partial charge in [-0.05, 0) is 69.4 Å². The molecule has 2 aliphatic rings. The van der Waals surface area contributed by atoms with Gasteiger partial charge in [0.1, 0.15) is 29.6 Å². The fourth-order valence-corrected chi connectivity index (χ4v) is 12.1. The summed E-state index contributed by atoms with van der Waals surface area (Å²) in [5.74, 6) is -6.52. The standard InChI is InChI=1S/C67H97N5O20/c1-20-26-50(45-30-31-51(48(34-45)72(82)83)89-65-60(88-43(11)74)58(87-42(10)73)41(9)59(91-65)64(80)86-19)90-66(81)70(16)55(38(5)6)61(77)68-54(37(3)4)62(78)69(15)56(39(7)21-2)52(84-17)36-53(76)71-32-25-29-47(71)57(85-18)40(8)49(75)35-46(63(79)92-67(12,13)14)33-44-27-23-22-24-28-44/h1,22-24,27-28,30-31,34,37-41,46-47,50,52,54-60,65H,21,25-26,29,32-33,35-36H2,2-19H3,(H,68,77)/t39-,40-,41-,46+,47-,50-,52+,54-,55-,56-,57+,58-,59-,60+,65+/m0/s1. The van der Waals surface area contributed by atoms with Crippen LogP contribution in [-0.4, -0.2) is 182 Å². The maximum Gasteiger partial charge on any atom is 0.410 e. The number of ketones is 1. The summed E-state index contributed by atoms with van der Waals surface area (Å²) in [7, 11) is 6.98. The highest BCUT2D eigenvalue weighted by molar-refractivity contribution is 5.92. The van der Waals surface area contributed by atoms with Crippen molar-refractivity contribution >= 4 is 59.2 Å². The number of carbonyl (C=O) groups is 9. The van der Waals surface area contributed by atoms with E-state index in [4.69, 9.17) is 49.1 Å². The Morgan fingerprint density at radius 3 is 2.03 bits per heavy atom. The van der Waals surface area contributed by atoms with Gasteiger partial charge < -0.3 is 57.7 Å². The van der Waals surface area contributed by atoms with Crippen LogP contribution in [-0.2, 0) is 82.7 Å². The number of nitro benzene ring substituents is 1. The van der Waals surface area contributed by atoms with Crippen molar-refractivity contribution < 1.29 is 90.7 Å². The first-order valence-corrected chi connectivity index (χ1v) is 31.3. The number of hydrogen-bond donors (Lipinski definition) is 1. The minimum absolute atomic E-state index is 0.0250. The number of hydrogen-bond acceptors (Lipinski definition) is 20. The molecule has 2 heterocycles. The lowest BCUT2D eigenvalue weighted by Crippen LogP contribution is -2.60. The molecule has 2 saturated heterocycles. The molecule has 0 bridgehead atoms. The fourth-order valence-electron chi connectivity index (χ4n) is 12.1. The third kappa shape index (κ3) is 20.4. The van der Waals surface area contributed by atoms with Crippen LogP contribution in [0.5, 0.6) is 5.75 Å². The third-order valence-corrected chi connectivity index (χ3v) is 16.9. The number of likely N-dealkylation sites (N-methyl/N-ethyl adjacent to an activating group) is 2. The minimum Gasteiger partial charge on any atom is -0.467 e. The van der Waals surface area contributed by atoms with E-state index in [2.05, 4.69) is 11.2 Å². The first-order valence-electron chi connectivity index (χ1n) is 31.3. The van der Waals surface area contributed by atoms with Gasteiger partial charge in [-0.1, -0.05) is 98.2 Å². The number of likely N-dealkylation sites (tertiary alicyclic amines) is 1. The molecule has 25 nitrogen and oxygen atoms in total. The summed E-state index contributed by atoms with van der Waals surface area (Å²) in [6.45, 7) is 21.9. The van der Waals surface area contributed by atoms with Crippen LogP contribution in [0.3, 0.4) is 0 Å². The SMILES string of the molecule is C#CC[C@H](OC(=O)N(C)[C@H](C(=O)N[C@H](C(=O)N(C)[C@@H]([C@@H](C)CC)[C@@H](CC(=O)N1CCC[C@H]1[C@H](OC)[C@@H](C)C(=O)C[C@@H](Cc1ccccc1)C(=O)OC(C)(C)C)OC)C(C)C)C(C)C)c1ccc(O[C@@H]2O[C@H](C(=O)OC)[C@@H](C)[C@H](OC(C)=O)[C@H]2OC(C)=O)c([N+](=O)[O-])c1. The Kier molecular flexibility index (Phi) is 29.1. The monoisotopic (exact) mass is 1290 g/mol. The maximum absolute atomic E-state index is 15.0. The number of nitrogens with zero attached hydrogens (tertiary/aromatic N) is 4. The topological polar surface area (TPSA) is 302 Å². The molecule has 0 spiro atoms. The number of nitrogens with one attached hydrogen (secondary N) is 1. The molecule has 2 fully saturated rings. The van der Waals surface area contributed by atoms with Crippen LogP contribution in [0, 0.1) is 58.0 Å². The van der Waals surface area contributed by atoms with Gasteiger partial charge in [0.25, 0.3) is 0 Å². The number of amides is 4. The highest BCUT2D eigenvalue weighted by Crippen LogP contribution is 2.39. The molecule has 510 valence electrons. The van der Waals surface area contributed by atoms with Crippen LogP contribution in [0.2, 0.25) is 0 Å². The zero-order valence-electron chi connectivity index (χ0n) is 56.6. The summed E-state index contributed by atoms with van der Waals surface area (Å²) in [4.78, 5) is 140. The van der Waals surface area contributed by atoms with Gasteiger partial charge in [0.15, 0.2) is 18.0 Å². The molecule has 2 aliphatic heterocycles. The van der Waals surface area contributed by atoms with Crippen molar-refractivity contribution in [3.8, 4) is 18.1 Å². The number of carbonyl (C=O) groups excluding carboxylic acids is 9. The van der Waals surface area contributed by atoms with E-state index in [9.17, 15) is 53.3 Å². The van der Waals surface area contributed by atoms with Crippen LogP contribution < -0.4 is 10.1 Å². The van der Waals surface area contributed by atoms with E-state index in [-0.39, 0.29) is 42.4 Å². The number of terminal acetylenes is 1. The average Bonchev–Trinajstić information content (AvgIpc) is 0.818. The van der Waals surface area contributed by atoms with Crippen LogP contribution in [0.15, 0.2) is 48.5 Å².